The van der Waals surface area contributed by atoms with Crippen molar-refractivity contribution in [3.63, 3.8) is 0 Å². The number of hydrogen-bond donors (Lipinski definition) is 2. The Morgan fingerprint density at radius 1 is 1.19 bits per heavy atom. The Kier molecular flexibility index (Phi) is 5.09. The molecule has 0 radical (unpaired) electrons. The van der Waals surface area contributed by atoms with Gasteiger partial charge in [0.2, 0.25) is 11.8 Å². The van der Waals surface area contributed by atoms with Crippen molar-refractivity contribution in [1.29, 1.82) is 0 Å². The van der Waals surface area contributed by atoms with Crippen LogP contribution in [0, 0.1) is 23.7 Å². The van der Waals surface area contributed by atoms with E-state index in [2.05, 4.69) is 27.8 Å². The molecule has 2 bridgehead atoms. The molecule has 2 amide bonds. The number of aliphatic imine (C=N–C) groups is 1. The van der Waals surface area contributed by atoms with Crippen LogP contribution in [0.5, 0.6) is 0 Å². The summed E-state index contributed by atoms with van der Waals surface area (Å²) in [6.07, 6.45) is 6.28. The van der Waals surface area contributed by atoms with Crippen LogP contribution in [0.3, 0.4) is 0 Å². The Morgan fingerprint density at radius 3 is 2.22 bits per heavy atom. The molecule has 3 aliphatic rings. The average molecular weight is 397 g/mol. The summed E-state index contributed by atoms with van der Waals surface area (Å²) in [5, 5.41) is 6.04. The molecule has 2 aliphatic carbocycles. The van der Waals surface area contributed by atoms with Crippen molar-refractivity contribution in [2.75, 3.05) is 32.9 Å². The first kappa shape index (κ1) is 19.9. The van der Waals surface area contributed by atoms with Crippen molar-refractivity contribution >= 4 is 27.6 Å². The number of rotatable bonds is 6. The normalized spacial score (nSPS) is 30.2. The van der Waals surface area contributed by atoms with Gasteiger partial charge in [0, 0.05) is 32.9 Å². The third-order valence-electron chi connectivity index (χ3n) is 6.10. The first-order valence-corrected chi connectivity index (χ1v) is 11.1. The Labute approximate surface area is 160 Å². The molecule has 0 aromatic carbocycles. The fraction of sp³-hybridized carbons (Fsp3) is 0.722. The van der Waals surface area contributed by atoms with Crippen LogP contribution in [0.4, 0.5) is 0 Å². The molecular formula is C18H28N4O4S. The van der Waals surface area contributed by atoms with Crippen LogP contribution in [0.1, 0.15) is 20.3 Å². The molecule has 0 aromatic heterocycles. The number of guanidine groups is 1. The molecule has 3 rings (SSSR count). The first-order chi connectivity index (χ1) is 12.6. The van der Waals surface area contributed by atoms with E-state index in [9.17, 15) is 18.0 Å². The molecule has 1 saturated carbocycles. The lowest BCUT2D eigenvalue weighted by Crippen LogP contribution is -2.49. The standard InChI is InChI=1S/C18H28N4O4S/c1-18(2,27(4,25)26)10-21-17(19-3)20-7-8-22-15(23)13-11-5-6-12(9-11)14(13)16(22)24/h5-6,11-14H,7-10H2,1-4H3,(H2,19,20,21). The quantitative estimate of drug-likeness (QED) is 0.278. The second-order valence-electron chi connectivity index (χ2n) is 8.21. The fourth-order valence-electron chi connectivity index (χ4n) is 4.12. The van der Waals surface area contributed by atoms with Crippen LogP contribution in [0.15, 0.2) is 17.1 Å². The van der Waals surface area contributed by atoms with Crippen LogP contribution in [-0.2, 0) is 19.4 Å². The number of fused-ring (bicyclic) bond motifs is 5. The third kappa shape index (κ3) is 3.49. The van der Waals surface area contributed by atoms with Gasteiger partial charge in [0.1, 0.15) is 0 Å². The Balaban J connectivity index is 1.51. The summed E-state index contributed by atoms with van der Waals surface area (Å²) in [7, 11) is -1.63. The first-order valence-electron chi connectivity index (χ1n) is 9.24. The summed E-state index contributed by atoms with van der Waals surface area (Å²) in [5.74, 6) is 0.368. The molecule has 8 nitrogen and oxygen atoms in total. The number of carbonyl (C=O) groups excluding carboxylic acids is 2. The van der Waals surface area contributed by atoms with E-state index in [1.165, 1.54) is 11.2 Å². The summed E-state index contributed by atoms with van der Waals surface area (Å²) in [6.45, 7) is 4.13. The maximum atomic E-state index is 12.6. The molecule has 9 heteroatoms. The van der Waals surface area contributed by atoms with Crippen molar-refractivity contribution in [2.24, 2.45) is 28.7 Å². The number of likely N-dealkylation sites (tertiary alicyclic amines) is 1. The SMILES string of the molecule is CN=C(NCCN1C(=O)C2C3C=CC(C3)C2C1=O)NCC(C)(C)S(C)(=O)=O. The molecule has 27 heavy (non-hydrogen) atoms. The van der Waals surface area contributed by atoms with E-state index in [1.54, 1.807) is 20.9 Å². The van der Waals surface area contributed by atoms with Crippen molar-refractivity contribution in [2.45, 2.75) is 25.0 Å². The van der Waals surface area contributed by atoms with Gasteiger partial charge in [0.15, 0.2) is 15.8 Å². The number of hydrogen-bond acceptors (Lipinski definition) is 5. The maximum Gasteiger partial charge on any atom is 0.233 e. The Bertz CT molecular complexity index is 772. The molecule has 1 heterocycles. The van der Waals surface area contributed by atoms with Gasteiger partial charge in [-0.2, -0.15) is 0 Å². The van der Waals surface area contributed by atoms with E-state index >= 15 is 0 Å². The minimum absolute atomic E-state index is 0.0650. The molecule has 1 saturated heterocycles. The zero-order chi connectivity index (χ0) is 20.0. The van der Waals surface area contributed by atoms with Gasteiger partial charge in [0.05, 0.1) is 16.6 Å². The smallest absolute Gasteiger partial charge is 0.233 e. The molecule has 4 unspecified atom stereocenters. The lowest BCUT2D eigenvalue weighted by atomic mass is 9.85. The fourth-order valence-corrected chi connectivity index (χ4v) is 4.45. The van der Waals surface area contributed by atoms with E-state index in [4.69, 9.17) is 0 Å². The number of allylic oxidation sites excluding steroid dienone is 2. The van der Waals surface area contributed by atoms with Crippen molar-refractivity contribution in [3.05, 3.63) is 12.2 Å². The van der Waals surface area contributed by atoms with Gasteiger partial charge in [-0.3, -0.25) is 19.5 Å². The van der Waals surface area contributed by atoms with Crippen LogP contribution < -0.4 is 10.6 Å². The highest BCUT2D eigenvalue weighted by atomic mass is 32.2. The predicted molar refractivity (Wildman–Crippen MR) is 103 cm³/mol. The van der Waals surface area contributed by atoms with Gasteiger partial charge in [-0.15, -0.1) is 0 Å². The van der Waals surface area contributed by atoms with E-state index in [1.807, 2.05) is 0 Å². The number of nitrogens with zero attached hydrogens (tertiary/aromatic N) is 2. The maximum absolute atomic E-state index is 12.6. The zero-order valence-corrected chi connectivity index (χ0v) is 17.0. The molecule has 0 aromatic rings. The zero-order valence-electron chi connectivity index (χ0n) is 16.2. The number of nitrogens with one attached hydrogen (secondary N) is 2. The largest absolute Gasteiger partial charge is 0.355 e. The Morgan fingerprint density at radius 2 is 1.74 bits per heavy atom. The molecule has 1 aliphatic heterocycles. The highest BCUT2D eigenvalue weighted by molar-refractivity contribution is 7.92. The lowest BCUT2D eigenvalue weighted by Gasteiger charge is -2.24. The number of carbonyl (C=O) groups is 2. The highest BCUT2D eigenvalue weighted by Crippen LogP contribution is 2.52. The Hall–Kier alpha value is -1.90. The summed E-state index contributed by atoms with van der Waals surface area (Å²) in [5.41, 5.74) is 0. The van der Waals surface area contributed by atoms with Crippen molar-refractivity contribution in [3.8, 4) is 0 Å². The molecule has 2 N–H and O–H groups in total. The molecular weight excluding hydrogens is 368 g/mol. The molecule has 4 atom stereocenters. The van der Waals surface area contributed by atoms with Crippen LogP contribution in [-0.4, -0.2) is 68.8 Å². The van der Waals surface area contributed by atoms with Gasteiger partial charge >= 0.3 is 0 Å². The summed E-state index contributed by atoms with van der Waals surface area (Å²) in [6, 6.07) is 0. The third-order valence-corrected chi connectivity index (χ3v) is 8.25. The summed E-state index contributed by atoms with van der Waals surface area (Å²) >= 11 is 0. The number of sulfone groups is 1. The summed E-state index contributed by atoms with van der Waals surface area (Å²) in [4.78, 5) is 30.7. The second-order valence-corrected chi connectivity index (χ2v) is 10.9. The van der Waals surface area contributed by atoms with Crippen LogP contribution >= 0.6 is 0 Å². The molecule has 0 spiro atoms. The molecule has 2 fully saturated rings. The lowest BCUT2D eigenvalue weighted by molar-refractivity contribution is -0.140. The average Bonchev–Trinajstić information content (AvgIpc) is 3.25. The van der Waals surface area contributed by atoms with Crippen molar-refractivity contribution < 1.29 is 18.0 Å². The minimum atomic E-state index is -3.22. The molecule has 150 valence electrons. The number of amides is 2. The number of imide groups is 1. The van der Waals surface area contributed by atoms with Crippen molar-refractivity contribution in [1.82, 2.24) is 15.5 Å². The van der Waals surface area contributed by atoms with E-state index in [0.717, 1.165) is 6.42 Å². The highest BCUT2D eigenvalue weighted by Gasteiger charge is 2.58. The van der Waals surface area contributed by atoms with Gasteiger partial charge in [-0.1, -0.05) is 12.2 Å². The van der Waals surface area contributed by atoms with Crippen LogP contribution in [0.25, 0.3) is 0 Å². The topological polar surface area (TPSA) is 108 Å². The van der Waals surface area contributed by atoms with E-state index in [0.29, 0.717) is 12.5 Å². The van der Waals surface area contributed by atoms with Gasteiger partial charge < -0.3 is 10.6 Å². The summed E-state index contributed by atoms with van der Waals surface area (Å²) < 4.78 is 22.6. The van der Waals surface area contributed by atoms with E-state index in [-0.39, 0.29) is 48.6 Å². The monoisotopic (exact) mass is 396 g/mol. The second kappa shape index (κ2) is 6.92. The van der Waals surface area contributed by atoms with Gasteiger partial charge in [-0.05, 0) is 32.1 Å². The van der Waals surface area contributed by atoms with E-state index < -0.39 is 14.6 Å². The predicted octanol–water partition coefficient (Wildman–Crippen LogP) is -0.218. The van der Waals surface area contributed by atoms with Gasteiger partial charge in [-0.25, -0.2) is 8.42 Å². The van der Waals surface area contributed by atoms with Gasteiger partial charge in [0.25, 0.3) is 0 Å². The van der Waals surface area contributed by atoms with Crippen LogP contribution in [0.2, 0.25) is 0 Å². The minimum Gasteiger partial charge on any atom is -0.355 e.